The zero-order valence-corrected chi connectivity index (χ0v) is 12.4. The molecule has 1 aromatic heterocycles. The molecule has 2 aromatic rings. The maximum Gasteiger partial charge on any atom is 0.354 e. The number of carboxylic acid groups (broad SMARTS) is 1. The van der Waals surface area contributed by atoms with E-state index >= 15 is 0 Å². The Balaban J connectivity index is 2.45. The number of hydrogen-bond acceptors (Lipinski definition) is 5. The molecule has 1 heterocycles. The molecule has 6 nitrogen and oxygen atoms in total. The Bertz CT molecular complexity index is 739. The van der Waals surface area contributed by atoms with E-state index < -0.39 is 10.9 Å². The van der Waals surface area contributed by atoms with Crippen molar-refractivity contribution in [2.75, 3.05) is 0 Å². The second-order valence-electron chi connectivity index (χ2n) is 3.76. The molecule has 2 rings (SSSR count). The molecule has 0 unspecified atom stereocenters. The zero-order chi connectivity index (χ0) is 15.6. The highest BCUT2D eigenvalue weighted by Crippen LogP contribution is 2.36. The molecule has 0 atom stereocenters. The number of halogens is 2. The Labute approximate surface area is 132 Å². The maximum absolute atomic E-state index is 11.0. The van der Waals surface area contributed by atoms with Crippen LogP contribution in [0.1, 0.15) is 10.5 Å². The summed E-state index contributed by atoms with van der Waals surface area (Å²) in [5.74, 6) is -1.26. The fraction of sp³-hybridized carbons (Fsp3) is 0. The van der Waals surface area contributed by atoms with Crippen LogP contribution >= 0.6 is 35.0 Å². The van der Waals surface area contributed by atoms with Gasteiger partial charge >= 0.3 is 11.7 Å². The lowest BCUT2D eigenvalue weighted by molar-refractivity contribution is -0.388. The number of aromatic nitrogens is 1. The van der Waals surface area contributed by atoms with Crippen LogP contribution in [0.25, 0.3) is 0 Å². The van der Waals surface area contributed by atoms with Gasteiger partial charge in [-0.3, -0.25) is 10.1 Å². The molecular weight excluding hydrogens is 339 g/mol. The third-order valence-electron chi connectivity index (χ3n) is 2.36. The molecule has 108 valence electrons. The molecule has 1 aromatic carbocycles. The number of rotatable bonds is 4. The number of nitro groups is 1. The van der Waals surface area contributed by atoms with Crippen LogP contribution in [0.15, 0.2) is 40.3 Å². The average Bonchev–Trinajstić information content (AvgIpc) is 2.42. The molecular formula is C12H6Cl2N2O4S. The van der Waals surface area contributed by atoms with E-state index in [2.05, 4.69) is 4.98 Å². The Morgan fingerprint density at radius 1 is 1.24 bits per heavy atom. The molecule has 0 aliphatic rings. The first-order valence-electron chi connectivity index (χ1n) is 5.40. The molecule has 0 aliphatic carbocycles. The number of benzene rings is 1. The predicted octanol–water partition coefficient (Wildman–Crippen LogP) is 4.15. The molecule has 0 amide bonds. The largest absolute Gasteiger partial charge is 0.477 e. The molecule has 0 saturated heterocycles. The summed E-state index contributed by atoms with van der Waals surface area (Å²) in [6.45, 7) is 0. The molecule has 0 radical (unpaired) electrons. The Hall–Kier alpha value is -1.83. The third-order valence-corrected chi connectivity index (χ3v) is 4.08. The molecule has 0 fully saturated rings. The maximum atomic E-state index is 11.0. The van der Waals surface area contributed by atoms with Gasteiger partial charge in [-0.2, -0.15) is 0 Å². The smallest absolute Gasteiger partial charge is 0.354 e. The van der Waals surface area contributed by atoms with Gasteiger partial charge in [0.05, 0.1) is 15.0 Å². The van der Waals surface area contributed by atoms with Crippen LogP contribution in [-0.4, -0.2) is 21.0 Å². The van der Waals surface area contributed by atoms with Gasteiger partial charge in [0.1, 0.15) is 5.69 Å². The summed E-state index contributed by atoms with van der Waals surface area (Å²) in [7, 11) is 0. The summed E-state index contributed by atoms with van der Waals surface area (Å²) >= 11 is 12.6. The SMILES string of the molecule is O=C(O)c1ccc([N+](=O)[O-])c(Sc2ccc(Cl)c(Cl)c2)n1. The Morgan fingerprint density at radius 2 is 1.95 bits per heavy atom. The van der Waals surface area contributed by atoms with E-state index in [1.807, 2.05) is 0 Å². The molecule has 0 spiro atoms. The summed E-state index contributed by atoms with van der Waals surface area (Å²) in [6, 6.07) is 6.86. The molecule has 1 N–H and O–H groups in total. The minimum atomic E-state index is -1.26. The number of aromatic carboxylic acids is 1. The second kappa shape index (κ2) is 6.30. The van der Waals surface area contributed by atoms with Crippen LogP contribution < -0.4 is 0 Å². The lowest BCUT2D eigenvalue weighted by atomic mass is 10.3. The van der Waals surface area contributed by atoms with Crippen molar-refractivity contribution in [1.82, 2.24) is 4.98 Å². The highest BCUT2D eigenvalue weighted by molar-refractivity contribution is 7.99. The first kappa shape index (κ1) is 15.6. The second-order valence-corrected chi connectivity index (χ2v) is 5.64. The fourth-order valence-electron chi connectivity index (χ4n) is 1.42. The molecule has 21 heavy (non-hydrogen) atoms. The predicted molar refractivity (Wildman–Crippen MR) is 78.4 cm³/mol. The average molecular weight is 345 g/mol. The van der Waals surface area contributed by atoms with Gasteiger partial charge in [0, 0.05) is 11.0 Å². The number of pyridine rings is 1. The normalized spacial score (nSPS) is 10.4. The van der Waals surface area contributed by atoms with Crippen LogP contribution in [0.5, 0.6) is 0 Å². The van der Waals surface area contributed by atoms with Crippen molar-refractivity contribution in [3.63, 3.8) is 0 Å². The Morgan fingerprint density at radius 3 is 2.52 bits per heavy atom. The summed E-state index contributed by atoms with van der Waals surface area (Å²) < 4.78 is 0. The van der Waals surface area contributed by atoms with Crippen molar-refractivity contribution in [3.05, 3.63) is 56.2 Å². The first-order chi connectivity index (χ1) is 9.88. The first-order valence-corrected chi connectivity index (χ1v) is 6.97. The molecule has 9 heteroatoms. The van der Waals surface area contributed by atoms with Crippen molar-refractivity contribution in [2.24, 2.45) is 0 Å². The van der Waals surface area contributed by atoms with Gasteiger partial charge in [-0.05, 0) is 24.3 Å². The van der Waals surface area contributed by atoms with Crippen LogP contribution in [0.4, 0.5) is 5.69 Å². The monoisotopic (exact) mass is 344 g/mol. The number of carboxylic acids is 1. The quantitative estimate of drug-likeness (QED) is 0.661. The Kier molecular flexibility index (Phi) is 4.66. The number of carbonyl (C=O) groups is 1. The van der Waals surface area contributed by atoms with Gasteiger partial charge in [0.25, 0.3) is 0 Å². The fourth-order valence-corrected chi connectivity index (χ4v) is 2.71. The minimum absolute atomic E-state index is 0.0294. The molecule has 0 bridgehead atoms. The van der Waals surface area contributed by atoms with Gasteiger partial charge in [-0.15, -0.1) is 0 Å². The standard InChI is InChI=1S/C12H6Cl2N2O4S/c13-7-2-1-6(5-8(7)14)21-11-10(16(19)20)4-3-9(15-11)12(17)18/h1-5H,(H,17,18). The lowest BCUT2D eigenvalue weighted by Gasteiger charge is -2.04. The third kappa shape index (κ3) is 3.63. The van der Waals surface area contributed by atoms with Gasteiger partial charge < -0.3 is 5.11 Å². The van der Waals surface area contributed by atoms with Gasteiger partial charge in [0.15, 0.2) is 5.03 Å². The van der Waals surface area contributed by atoms with E-state index in [0.29, 0.717) is 14.9 Å². The van der Waals surface area contributed by atoms with Crippen LogP contribution in [-0.2, 0) is 0 Å². The van der Waals surface area contributed by atoms with Crippen LogP contribution in [0, 0.1) is 10.1 Å². The van der Waals surface area contributed by atoms with Crippen molar-refractivity contribution >= 4 is 46.6 Å². The summed E-state index contributed by atoms with van der Waals surface area (Å²) in [5, 5.41) is 20.5. The van der Waals surface area contributed by atoms with E-state index in [1.165, 1.54) is 6.07 Å². The van der Waals surface area contributed by atoms with Crippen LogP contribution in [0.2, 0.25) is 10.0 Å². The molecule has 0 saturated carbocycles. The van der Waals surface area contributed by atoms with Crippen molar-refractivity contribution < 1.29 is 14.8 Å². The number of hydrogen-bond donors (Lipinski definition) is 1. The van der Waals surface area contributed by atoms with Crippen molar-refractivity contribution in [3.8, 4) is 0 Å². The van der Waals surface area contributed by atoms with E-state index in [0.717, 1.165) is 23.9 Å². The highest BCUT2D eigenvalue weighted by atomic mass is 35.5. The summed E-state index contributed by atoms with van der Waals surface area (Å²) in [4.78, 5) is 25.6. The van der Waals surface area contributed by atoms with Gasteiger partial charge in [-0.25, -0.2) is 9.78 Å². The highest BCUT2D eigenvalue weighted by Gasteiger charge is 2.19. The van der Waals surface area contributed by atoms with Gasteiger partial charge in [-0.1, -0.05) is 35.0 Å². The van der Waals surface area contributed by atoms with Gasteiger partial charge in [0.2, 0.25) is 0 Å². The lowest BCUT2D eigenvalue weighted by Crippen LogP contribution is -2.03. The summed E-state index contributed by atoms with van der Waals surface area (Å²) in [5.41, 5.74) is -0.556. The minimum Gasteiger partial charge on any atom is -0.477 e. The van der Waals surface area contributed by atoms with Crippen LogP contribution in [0.3, 0.4) is 0 Å². The zero-order valence-electron chi connectivity index (χ0n) is 10.1. The summed E-state index contributed by atoms with van der Waals surface area (Å²) in [6.07, 6.45) is 0. The van der Waals surface area contributed by atoms with E-state index in [-0.39, 0.29) is 16.4 Å². The van der Waals surface area contributed by atoms with E-state index in [1.54, 1.807) is 12.1 Å². The van der Waals surface area contributed by atoms with E-state index in [9.17, 15) is 14.9 Å². The topological polar surface area (TPSA) is 93.3 Å². The van der Waals surface area contributed by atoms with Crippen molar-refractivity contribution in [2.45, 2.75) is 9.92 Å². The van der Waals surface area contributed by atoms with Crippen molar-refractivity contribution in [1.29, 1.82) is 0 Å². The molecule has 0 aliphatic heterocycles. The number of nitrogens with zero attached hydrogens (tertiary/aromatic N) is 2. The van der Waals surface area contributed by atoms with E-state index in [4.69, 9.17) is 28.3 Å².